The van der Waals surface area contributed by atoms with Gasteiger partial charge in [0.15, 0.2) is 5.13 Å². The van der Waals surface area contributed by atoms with Gasteiger partial charge in [-0.25, -0.2) is 13.4 Å². The highest BCUT2D eigenvalue weighted by molar-refractivity contribution is 7.89. The molecule has 4 aromatic rings. The fourth-order valence-corrected chi connectivity index (χ4v) is 6.21. The van der Waals surface area contributed by atoms with E-state index in [1.54, 1.807) is 16.4 Å². The van der Waals surface area contributed by atoms with Gasteiger partial charge in [-0.1, -0.05) is 55.0 Å². The van der Waals surface area contributed by atoms with Gasteiger partial charge in [0.1, 0.15) is 0 Å². The van der Waals surface area contributed by atoms with E-state index >= 15 is 0 Å². The van der Waals surface area contributed by atoms with Crippen LogP contribution in [0.5, 0.6) is 0 Å². The molecule has 7 heteroatoms. The molecule has 1 N–H and O–H groups in total. The van der Waals surface area contributed by atoms with E-state index in [0.717, 1.165) is 46.7 Å². The van der Waals surface area contributed by atoms with Crippen molar-refractivity contribution in [3.8, 4) is 11.3 Å². The highest BCUT2D eigenvalue weighted by Gasteiger charge is 2.25. The van der Waals surface area contributed by atoms with Gasteiger partial charge in [-0.15, -0.1) is 11.3 Å². The summed E-state index contributed by atoms with van der Waals surface area (Å²) < 4.78 is 27.3. The van der Waals surface area contributed by atoms with Gasteiger partial charge in [0.25, 0.3) is 0 Å². The van der Waals surface area contributed by atoms with Crippen molar-refractivity contribution in [2.24, 2.45) is 0 Å². The largest absolute Gasteiger partial charge is 0.331 e. The molecule has 2 heterocycles. The van der Waals surface area contributed by atoms with Crippen LogP contribution < -0.4 is 5.32 Å². The maximum absolute atomic E-state index is 12.9. The molecule has 0 spiro atoms. The standard InChI is InChI=1S/C24H23N3O2S2/c28-31(29,27-15-4-1-5-16-27)20-13-11-19(12-14-20)23-17-30-24(26-23)25-22-10-6-8-18-7-2-3-9-21(18)22/h2-3,6-14,17H,1,4-5,15-16H2,(H,25,26). The molecule has 5 rings (SSSR count). The van der Waals surface area contributed by atoms with Crippen LogP contribution in [0.3, 0.4) is 0 Å². The number of hydrogen-bond acceptors (Lipinski definition) is 5. The second-order valence-corrected chi connectivity index (χ2v) is 10.5. The third-order valence-corrected chi connectivity index (χ3v) is 8.31. The van der Waals surface area contributed by atoms with E-state index in [1.807, 2.05) is 41.8 Å². The predicted molar refractivity (Wildman–Crippen MR) is 127 cm³/mol. The fourth-order valence-electron chi connectivity index (χ4n) is 3.97. The quantitative estimate of drug-likeness (QED) is 0.413. The van der Waals surface area contributed by atoms with E-state index in [-0.39, 0.29) is 0 Å². The van der Waals surface area contributed by atoms with Crippen molar-refractivity contribution in [1.29, 1.82) is 0 Å². The molecule has 0 amide bonds. The molecular formula is C24H23N3O2S2. The highest BCUT2D eigenvalue weighted by Crippen LogP contribution is 2.31. The molecule has 1 aliphatic heterocycles. The first-order chi connectivity index (χ1) is 15.1. The lowest BCUT2D eigenvalue weighted by Crippen LogP contribution is -2.35. The summed E-state index contributed by atoms with van der Waals surface area (Å²) in [6.45, 7) is 1.22. The number of anilines is 2. The van der Waals surface area contributed by atoms with Gasteiger partial charge in [-0.3, -0.25) is 0 Å². The van der Waals surface area contributed by atoms with Gasteiger partial charge in [-0.2, -0.15) is 4.31 Å². The topological polar surface area (TPSA) is 62.3 Å². The van der Waals surface area contributed by atoms with Crippen molar-refractivity contribution >= 4 is 43.0 Å². The zero-order valence-corrected chi connectivity index (χ0v) is 18.6. The van der Waals surface area contributed by atoms with Gasteiger partial charge in [0, 0.05) is 35.1 Å². The number of piperidine rings is 1. The monoisotopic (exact) mass is 449 g/mol. The summed E-state index contributed by atoms with van der Waals surface area (Å²) in [4.78, 5) is 5.06. The van der Waals surface area contributed by atoms with Crippen LogP contribution in [0.4, 0.5) is 10.8 Å². The van der Waals surface area contributed by atoms with Crippen LogP contribution in [0.1, 0.15) is 19.3 Å². The van der Waals surface area contributed by atoms with Crippen LogP contribution in [0.2, 0.25) is 0 Å². The maximum Gasteiger partial charge on any atom is 0.243 e. The molecule has 1 saturated heterocycles. The molecule has 1 aliphatic rings. The zero-order chi connectivity index (χ0) is 21.3. The number of sulfonamides is 1. The first-order valence-corrected chi connectivity index (χ1v) is 12.7. The molecule has 5 nitrogen and oxygen atoms in total. The Balaban J connectivity index is 1.36. The summed E-state index contributed by atoms with van der Waals surface area (Å²) in [5, 5.41) is 8.53. The molecule has 0 radical (unpaired) electrons. The number of aromatic nitrogens is 1. The highest BCUT2D eigenvalue weighted by atomic mass is 32.2. The van der Waals surface area contributed by atoms with E-state index in [9.17, 15) is 8.42 Å². The van der Waals surface area contributed by atoms with Crippen molar-refractivity contribution < 1.29 is 8.42 Å². The minimum Gasteiger partial charge on any atom is -0.331 e. The predicted octanol–water partition coefficient (Wildman–Crippen LogP) is 5.88. The van der Waals surface area contributed by atoms with Gasteiger partial charge in [0.2, 0.25) is 10.0 Å². The van der Waals surface area contributed by atoms with Gasteiger partial charge in [0.05, 0.1) is 10.6 Å². The zero-order valence-electron chi connectivity index (χ0n) is 17.0. The average Bonchev–Trinajstić information content (AvgIpc) is 3.28. The molecule has 0 unspecified atom stereocenters. The van der Waals surface area contributed by atoms with Crippen molar-refractivity contribution in [2.75, 3.05) is 18.4 Å². The van der Waals surface area contributed by atoms with Crippen LogP contribution in [0, 0.1) is 0 Å². The van der Waals surface area contributed by atoms with Crippen LogP contribution in [0.25, 0.3) is 22.0 Å². The Morgan fingerprint density at radius 3 is 2.42 bits per heavy atom. The van der Waals surface area contributed by atoms with Crippen LogP contribution in [-0.4, -0.2) is 30.8 Å². The van der Waals surface area contributed by atoms with E-state index in [0.29, 0.717) is 18.0 Å². The summed E-state index contributed by atoms with van der Waals surface area (Å²) in [6.07, 6.45) is 2.97. The SMILES string of the molecule is O=S(=O)(c1ccc(-c2csc(Nc3cccc4ccccc34)n2)cc1)N1CCCCC1. The number of fused-ring (bicyclic) bond motifs is 1. The lowest BCUT2D eigenvalue weighted by Gasteiger charge is -2.25. The first-order valence-electron chi connectivity index (χ1n) is 10.4. The van der Waals surface area contributed by atoms with Crippen LogP contribution in [0.15, 0.2) is 77.0 Å². The van der Waals surface area contributed by atoms with Gasteiger partial charge < -0.3 is 5.32 Å². The molecule has 3 aromatic carbocycles. The number of rotatable bonds is 5. The number of nitrogens with zero attached hydrogens (tertiary/aromatic N) is 2. The number of benzene rings is 3. The molecular weight excluding hydrogens is 426 g/mol. The lowest BCUT2D eigenvalue weighted by molar-refractivity contribution is 0.346. The van der Waals surface area contributed by atoms with Crippen molar-refractivity contribution in [1.82, 2.24) is 9.29 Å². The number of nitrogens with one attached hydrogen (secondary N) is 1. The summed E-state index contributed by atoms with van der Waals surface area (Å²) in [5.41, 5.74) is 2.75. The van der Waals surface area contributed by atoms with Gasteiger partial charge >= 0.3 is 0 Å². The van der Waals surface area contributed by atoms with Crippen LogP contribution in [-0.2, 0) is 10.0 Å². The lowest BCUT2D eigenvalue weighted by atomic mass is 10.1. The Morgan fingerprint density at radius 2 is 1.61 bits per heavy atom. The Labute approximate surface area is 186 Å². The second-order valence-electron chi connectivity index (χ2n) is 7.68. The summed E-state index contributed by atoms with van der Waals surface area (Å²) in [7, 11) is -3.41. The summed E-state index contributed by atoms with van der Waals surface area (Å²) in [5.74, 6) is 0. The Bertz CT molecular complexity index is 1300. The van der Waals surface area contributed by atoms with E-state index < -0.39 is 10.0 Å². The molecule has 31 heavy (non-hydrogen) atoms. The maximum atomic E-state index is 12.9. The molecule has 1 aromatic heterocycles. The summed E-state index contributed by atoms with van der Waals surface area (Å²) in [6, 6.07) is 21.5. The second kappa shape index (κ2) is 8.42. The third-order valence-electron chi connectivity index (χ3n) is 5.64. The minimum atomic E-state index is -3.41. The first kappa shape index (κ1) is 20.2. The molecule has 158 valence electrons. The number of hydrogen-bond donors (Lipinski definition) is 1. The number of thiazole rings is 1. The smallest absolute Gasteiger partial charge is 0.243 e. The van der Waals surface area contributed by atoms with E-state index in [2.05, 4.69) is 23.5 Å². The molecule has 0 atom stereocenters. The van der Waals surface area contributed by atoms with E-state index in [4.69, 9.17) is 4.98 Å². The van der Waals surface area contributed by atoms with Crippen molar-refractivity contribution in [3.05, 3.63) is 72.1 Å². The fraction of sp³-hybridized carbons (Fsp3) is 0.208. The Hall–Kier alpha value is -2.74. The van der Waals surface area contributed by atoms with Gasteiger partial charge in [-0.05, 0) is 36.4 Å². The van der Waals surface area contributed by atoms with E-state index in [1.165, 1.54) is 16.7 Å². The van der Waals surface area contributed by atoms with Crippen LogP contribution >= 0.6 is 11.3 Å². The molecule has 0 aliphatic carbocycles. The Morgan fingerprint density at radius 1 is 0.871 bits per heavy atom. The minimum absolute atomic E-state index is 0.350. The average molecular weight is 450 g/mol. The molecule has 0 bridgehead atoms. The third kappa shape index (κ3) is 4.08. The molecule has 1 fully saturated rings. The summed E-state index contributed by atoms with van der Waals surface area (Å²) >= 11 is 1.53. The van der Waals surface area contributed by atoms with Crippen molar-refractivity contribution in [3.63, 3.8) is 0 Å². The Kier molecular flexibility index (Phi) is 5.48. The normalized spacial score (nSPS) is 15.2. The van der Waals surface area contributed by atoms with Crippen molar-refractivity contribution in [2.45, 2.75) is 24.2 Å². The molecule has 0 saturated carbocycles.